The van der Waals surface area contributed by atoms with Crippen LogP contribution in [0.3, 0.4) is 0 Å². The van der Waals surface area contributed by atoms with Crippen molar-refractivity contribution in [3.8, 4) is 0 Å². The summed E-state index contributed by atoms with van der Waals surface area (Å²) in [5, 5.41) is 8.39. The van der Waals surface area contributed by atoms with Gasteiger partial charge < -0.3 is 19.6 Å². The first-order chi connectivity index (χ1) is 16.5. The molecule has 8 nitrogen and oxygen atoms in total. The molecule has 1 fully saturated rings. The molecule has 0 unspecified atom stereocenters. The number of hydrogen-bond donors (Lipinski definition) is 1. The van der Waals surface area contributed by atoms with Gasteiger partial charge in [0.2, 0.25) is 5.91 Å². The summed E-state index contributed by atoms with van der Waals surface area (Å²) in [6, 6.07) is 10.9. The van der Waals surface area contributed by atoms with E-state index in [-0.39, 0.29) is 36.4 Å². The molecule has 0 saturated carbocycles. The lowest BCUT2D eigenvalue weighted by atomic mass is 10.2. The van der Waals surface area contributed by atoms with Gasteiger partial charge in [-0.3, -0.25) is 14.4 Å². The molecular formula is C24H25FN4O4S. The fraction of sp³-hybridized carbons (Fsp3) is 0.333. The van der Waals surface area contributed by atoms with Gasteiger partial charge in [-0.05, 0) is 42.0 Å². The molecule has 34 heavy (non-hydrogen) atoms. The Kier molecular flexibility index (Phi) is 7.69. The summed E-state index contributed by atoms with van der Waals surface area (Å²) in [5.41, 5.74) is 0.853. The van der Waals surface area contributed by atoms with Crippen molar-refractivity contribution in [2.24, 2.45) is 0 Å². The van der Waals surface area contributed by atoms with E-state index in [1.54, 1.807) is 23.1 Å². The molecule has 1 saturated heterocycles. The van der Waals surface area contributed by atoms with Crippen LogP contribution in [0.25, 0.3) is 0 Å². The number of halogens is 1. The highest BCUT2D eigenvalue weighted by molar-refractivity contribution is 7.12. The Morgan fingerprint density at radius 2 is 2.06 bits per heavy atom. The van der Waals surface area contributed by atoms with Crippen molar-refractivity contribution in [3.05, 3.63) is 75.6 Å². The van der Waals surface area contributed by atoms with Crippen LogP contribution in [0.15, 0.2) is 52.4 Å². The van der Waals surface area contributed by atoms with Crippen molar-refractivity contribution in [2.45, 2.75) is 32.4 Å². The summed E-state index contributed by atoms with van der Waals surface area (Å²) in [7, 11) is 0. The van der Waals surface area contributed by atoms with Gasteiger partial charge in [-0.25, -0.2) is 4.39 Å². The lowest BCUT2D eigenvalue weighted by Gasteiger charge is -2.22. The summed E-state index contributed by atoms with van der Waals surface area (Å²) in [6.45, 7) is 2.17. The molecule has 4 rings (SSSR count). The molecule has 0 atom stereocenters. The van der Waals surface area contributed by atoms with E-state index < -0.39 is 5.91 Å². The van der Waals surface area contributed by atoms with E-state index in [0.29, 0.717) is 36.6 Å². The molecule has 2 aromatic heterocycles. The number of carbonyl (C=O) groups excluding carboxylic acids is 3. The molecule has 0 radical (unpaired) electrons. The highest BCUT2D eigenvalue weighted by atomic mass is 32.1. The Bertz CT molecular complexity index is 1130. The molecule has 3 aromatic rings. The average molecular weight is 485 g/mol. The molecule has 1 aromatic carbocycles. The number of hydrogen-bond acceptors (Lipinski definition) is 6. The number of benzene rings is 1. The Labute approximate surface area is 200 Å². The second kappa shape index (κ2) is 11.1. The molecule has 3 heterocycles. The number of amides is 3. The Hall–Kier alpha value is -3.53. The van der Waals surface area contributed by atoms with Crippen molar-refractivity contribution in [2.75, 3.05) is 19.6 Å². The number of thiophene rings is 1. The van der Waals surface area contributed by atoms with Crippen molar-refractivity contribution in [1.82, 2.24) is 20.3 Å². The summed E-state index contributed by atoms with van der Waals surface area (Å²) in [5.74, 6) is -0.369. The van der Waals surface area contributed by atoms with E-state index in [4.69, 9.17) is 4.52 Å². The quantitative estimate of drug-likeness (QED) is 0.476. The minimum Gasteiger partial charge on any atom is -0.359 e. The first-order valence-corrected chi connectivity index (χ1v) is 12.0. The van der Waals surface area contributed by atoms with Crippen LogP contribution >= 0.6 is 11.3 Å². The summed E-state index contributed by atoms with van der Waals surface area (Å²) in [4.78, 5) is 41.4. The van der Waals surface area contributed by atoms with Crippen LogP contribution in [-0.4, -0.2) is 52.3 Å². The molecule has 1 N–H and O–H groups in total. The third-order valence-electron chi connectivity index (χ3n) is 5.55. The smallest absolute Gasteiger partial charge is 0.273 e. The lowest BCUT2D eigenvalue weighted by molar-refractivity contribution is -0.127. The summed E-state index contributed by atoms with van der Waals surface area (Å²) < 4.78 is 18.4. The van der Waals surface area contributed by atoms with Crippen LogP contribution in [0.1, 0.15) is 50.7 Å². The summed E-state index contributed by atoms with van der Waals surface area (Å²) >= 11 is 1.35. The topological polar surface area (TPSA) is 95.8 Å². The molecule has 178 valence electrons. The van der Waals surface area contributed by atoms with Crippen LogP contribution in [0.5, 0.6) is 0 Å². The van der Waals surface area contributed by atoms with Gasteiger partial charge in [0.15, 0.2) is 11.5 Å². The second-order valence-electron chi connectivity index (χ2n) is 8.03. The van der Waals surface area contributed by atoms with Gasteiger partial charge in [-0.15, -0.1) is 11.3 Å². The van der Waals surface area contributed by atoms with Crippen molar-refractivity contribution < 1.29 is 23.3 Å². The SMILES string of the molecule is O=C(NCc1ccc(F)cc1)c1cc(CN(CCCN2CCCC2=O)C(=O)c2cccs2)on1. The molecule has 10 heteroatoms. The Balaban J connectivity index is 1.36. The monoisotopic (exact) mass is 484 g/mol. The van der Waals surface area contributed by atoms with Crippen molar-refractivity contribution in [3.63, 3.8) is 0 Å². The van der Waals surface area contributed by atoms with E-state index in [0.717, 1.165) is 18.5 Å². The van der Waals surface area contributed by atoms with E-state index in [9.17, 15) is 18.8 Å². The van der Waals surface area contributed by atoms with Crippen molar-refractivity contribution in [1.29, 1.82) is 0 Å². The molecule has 1 aliphatic rings. The van der Waals surface area contributed by atoms with Gasteiger partial charge >= 0.3 is 0 Å². The molecule has 0 bridgehead atoms. The fourth-order valence-corrected chi connectivity index (χ4v) is 4.45. The zero-order valence-corrected chi connectivity index (χ0v) is 19.4. The van der Waals surface area contributed by atoms with Crippen LogP contribution in [0.2, 0.25) is 0 Å². The van der Waals surface area contributed by atoms with Gasteiger partial charge in [-0.1, -0.05) is 23.4 Å². The van der Waals surface area contributed by atoms with Crippen LogP contribution in [0.4, 0.5) is 4.39 Å². The predicted molar refractivity (Wildman–Crippen MR) is 124 cm³/mol. The number of rotatable bonds is 10. The molecule has 0 spiro atoms. The second-order valence-corrected chi connectivity index (χ2v) is 8.98. The number of nitrogens with one attached hydrogen (secondary N) is 1. The van der Waals surface area contributed by atoms with E-state index in [2.05, 4.69) is 10.5 Å². The normalized spacial score (nSPS) is 13.3. The van der Waals surface area contributed by atoms with E-state index in [1.165, 1.54) is 29.5 Å². The minimum atomic E-state index is -0.428. The third-order valence-corrected chi connectivity index (χ3v) is 6.41. The fourth-order valence-electron chi connectivity index (χ4n) is 3.76. The Morgan fingerprint density at radius 1 is 1.24 bits per heavy atom. The zero-order chi connectivity index (χ0) is 23.9. The first kappa shape index (κ1) is 23.6. The molecule has 1 aliphatic heterocycles. The largest absolute Gasteiger partial charge is 0.359 e. The highest BCUT2D eigenvalue weighted by Gasteiger charge is 2.23. The van der Waals surface area contributed by atoms with Gasteiger partial charge in [0, 0.05) is 38.7 Å². The van der Waals surface area contributed by atoms with Gasteiger partial charge in [-0.2, -0.15) is 0 Å². The number of aromatic nitrogens is 1. The minimum absolute atomic E-state index is 0.100. The van der Waals surface area contributed by atoms with Gasteiger partial charge in [0.25, 0.3) is 11.8 Å². The number of nitrogens with zero attached hydrogens (tertiary/aromatic N) is 3. The number of carbonyl (C=O) groups is 3. The van der Waals surface area contributed by atoms with Gasteiger partial charge in [0.05, 0.1) is 11.4 Å². The lowest BCUT2D eigenvalue weighted by Crippen LogP contribution is -2.34. The third kappa shape index (κ3) is 6.07. The standard InChI is InChI=1S/C24H25FN4O4S/c25-18-8-6-17(7-9-18)15-26-23(31)20-14-19(33-27-20)16-29(24(32)21-4-2-13-34-21)12-3-11-28-10-1-5-22(28)30/h2,4,6-9,13-14H,1,3,5,10-12,15-16H2,(H,26,31). The average Bonchev–Trinajstić information content (AvgIpc) is 3.60. The molecular weight excluding hydrogens is 459 g/mol. The molecule has 3 amide bonds. The van der Waals surface area contributed by atoms with E-state index in [1.807, 2.05) is 16.3 Å². The van der Waals surface area contributed by atoms with Crippen molar-refractivity contribution >= 4 is 29.1 Å². The van der Waals surface area contributed by atoms with Crippen LogP contribution in [0, 0.1) is 5.82 Å². The summed E-state index contributed by atoms with van der Waals surface area (Å²) in [6.07, 6.45) is 2.10. The Morgan fingerprint density at radius 3 is 2.76 bits per heavy atom. The maximum Gasteiger partial charge on any atom is 0.273 e. The molecule has 0 aliphatic carbocycles. The zero-order valence-electron chi connectivity index (χ0n) is 18.5. The van der Waals surface area contributed by atoms with Crippen LogP contribution < -0.4 is 5.32 Å². The first-order valence-electron chi connectivity index (χ1n) is 11.1. The highest BCUT2D eigenvalue weighted by Crippen LogP contribution is 2.17. The maximum atomic E-state index is 13.0. The predicted octanol–water partition coefficient (Wildman–Crippen LogP) is 3.46. The van der Waals surface area contributed by atoms with Gasteiger partial charge in [0.1, 0.15) is 5.82 Å². The van der Waals surface area contributed by atoms with Crippen LogP contribution in [-0.2, 0) is 17.9 Å². The maximum absolute atomic E-state index is 13.0. The number of likely N-dealkylation sites (tertiary alicyclic amines) is 1. The van der Waals surface area contributed by atoms with E-state index >= 15 is 0 Å².